The van der Waals surface area contributed by atoms with E-state index in [0.29, 0.717) is 11.6 Å². The highest BCUT2D eigenvalue weighted by molar-refractivity contribution is 5.93. The summed E-state index contributed by atoms with van der Waals surface area (Å²) in [5, 5.41) is 7.33. The van der Waals surface area contributed by atoms with Crippen LogP contribution in [0.5, 0.6) is 0 Å². The monoisotopic (exact) mass is 219 g/mol. The van der Waals surface area contributed by atoms with E-state index in [1.165, 1.54) is 6.42 Å². The van der Waals surface area contributed by atoms with Gasteiger partial charge in [0.2, 0.25) is 5.95 Å². The van der Waals surface area contributed by atoms with Crippen molar-refractivity contribution in [1.82, 2.24) is 9.97 Å². The van der Waals surface area contributed by atoms with Gasteiger partial charge in [0.1, 0.15) is 11.5 Å². The van der Waals surface area contributed by atoms with E-state index in [2.05, 4.69) is 16.9 Å². The maximum absolute atomic E-state index is 7.33. The van der Waals surface area contributed by atoms with Crippen molar-refractivity contribution in [3.63, 3.8) is 0 Å². The summed E-state index contributed by atoms with van der Waals surface area (Å²) in [4.78, 5) is 10.5. The van der Waals surface area contributed by atoms with Crippen LogP contribution in [0, 0.1) is 17.2 Å². The third-order valence-electron chi connectivity index (χ3n) is 3.04. The lowest BCUT2D eigenvalue weighted by Gasteiger charge is -2.16. The Bertz CT molecular complexity index is 403. The van der Waals surface area contributed by atoms with Gasteiger partial charge in [-0.05, 0) is 24.3 Å². The van der Waals surface area contributed by atoms with Crippen molar-refractivity contribution < 1.29 is 0 Å². The van der Waals surface area contributed by atoms with Gasteiger partial charge >= 0.3 is 0 Å². The Balaban J connectivity index is 2.07. The van der Waals surface area contributed by atoms with Crippen LogP contribution in [0.4, 0.5) is 5.95 Å². The third kappa shape index (κ3) is 2.29. The highest BCUT2D eigenvalue weighted by atomic mass is 15.2. The molecule has 5 nitrogen and oxygen atoms in total. The molecule has 0 aromatic carbocycles. The molecule has 1 aromatic heterocycles. The Labute approximate surface area is 95.2 Å². The molecular weight excluding hydrogens is 202 g/mol. The van der Waals surface area contributed by atoms with Gasteiger partial charge in [-0.3, -0.25) is 5.41 Å². The van der Waals surface area contributed by atoms with Crippen molar-refractivity contribution >= 4 is 11.8 Å². The number of nitrogen functional groups attached to an aromatic ring is 1. The zero-order chi connectivity index (χ0) is 11.7. The quantitative estimate of drug-likeness (QED) is 0.581. The molecule has 0 amide bonds. The fourth-order valence-corrected chi connectivity index (χ4v) is 1.77. The number of amidine groups is 1. The fourth-order valence-electron chi connectivity index (χ4n) is 1.77. The van der Waals surface area contributed by atoms with E-state index in [1.807, 2.05) is 11.9 Å². The standard InChI is InChI=1S/C11H17N5/c1-7-5-8(7)6-16(2)11-14-4-3-9(15-11)10(12)13/h3-4,7-8H,5-6H2,1-2H3,(H3,12,13). The van der Waals surface area contributed by atoms with Gasteiger partial charge in [0, 0.05) is 19.8 Å². The molecule has 2 unspecified atom stereocenters. The second-order valence-corrected chi connectivity index (χ2v) is 4.51. The van der Waals surface area contributed by atoms with Crippen LogP contribution in [0.3, 0.4) is 0 Å². The molecule has 3 N–H and O–H groups in total. The smallest absolute Gasteiger partial charge is 0.225 e. The highest BCUT2D eigenvalue weighted by Gasteiger charge is 2.33. The molecule has 1 aliphatic rings. The van der Waals surface area contributed by atoms with E-state index in [4.69, 9.17) is 11.1 Å². The first-order valence-electron chi connectivity index (χ1n) is 5.46. The van der Waals surface area contributed by atoms with E-state index in [1.54, 1.807) is 12.3 Å². The SMILES string of the molecule is CC1CC1CN(C)c1nccc(C(=N)N)n1. The second kappa shape index (κ2) is 4.08. The average molecular weight is 219 g/mol. The zero-order valence-electron chi connectivity index (χ0n) is 9.64. The Morgan fingerprint density at radius 3 is 2.94 bits per heavy atom. The largest absolute Gasteiger partial charge is 0.382 e. The normalized spacial score (nSPS) is 22.9. The minimum absolute atomic E-state index is 0.0168. The Morgan fingerprint density at radius 2 is 2.38 bits per heavy atom. The van der Waals surface area contributed by atoms with Crippen LogP contribution in [0.15, 0.2) is 12.3 Å². The first-order valence-corrected chi connectivity index (χ1v) is 5.46. The molecule has 1 fully saturated rings. The summed E-state index contributed by atoms with van der Waals surface area (Å²) in [6, 6.07) is 1.65. The third-order valence-corrected chi connectivity index (χ3v) is 3.04. The molecule has 2 atom stereocenters. The van der Waals surface area contributed by atoms with Gasteiger partial charge in [-0.2, -0.15) is 0 Å². The number of nitrogens with zero attached hydrogens (tertiary/aromatic N) is 3. The van der Waals surface area contributed by atoms with E-state index in [0.717, 1.165) is 18.4 Å². The molecule has 0 bridgehead atoms. The lowest BCUT2D eigenvalue weighted by molar-refractivity contribution is 0.711. The number of hydrogen-bond donors (Lipinski definition) is 2. The summed E-state index contributed by atoms with van der Waals surface area (Å²) < 4.78 is 0. The molecule has 1 saturated carbocycles. The molecule has 86 valence electrons. The number of anilines is 1. The summed E-state index contributed by atoms with van der Waals surface area (Å²) in [6.45, 7) is 3.23. The van der Waals surface area contributed by atoms with Gasteiger partial charge in [-0.25, -0.2) is 9.97 Å². The predicted molar refractivity (Wildman–Crippen MR) is 63.6 cm³/mol. The summed E-state index contributed by atoms with van der Waals surface area (Å²) in [5.41, 5.74) is 5.88. The van der Waals surface area contributed by atoms with Gasteiger partial charge < -0.3 is 10.6 Å². The van der Waals surface area contributed by atoms with Gasteiger partial charge in [0.25, 0.3) is 0 Å². The maximum Gasteiger partial charge on any atom is 0.225 e. The van der Waals surface area contributed by atoms with Crippen molar-refractivity contribution in [3.05, 3.63) is 18.0 Å². The van der Waals surface area contributed by atoms with Crippen LogP contribution in [-0.2, 0) is 0 Å². The maximum atomic E-state index is 7.33. The molecule has 0 aliphatic heterocycles. The zero-order valence-corrected chi connectivity index (χ0v) is 9.64. The summed E-state index contributed by atoms with van der Waals surface area (Å²) >= 11 is 0. The summed E-state index contributed by atoms with van der Waals surface area (Å²) in [5.74, 6) is 2.21. The average Bonchev–Trinajstić information content (AvgIpc) is 2.94. The van der Waals surface area contributed by atoms with Crippen LogP contribution >= 0.6 is 0 Å². The summed E-state index contributed by atoms with van der Waals surface area (Å²) in [6.07, 6.45) is 2.93. The van der Waals surface area contributed by atoms with E-state index >= 15 is 0 Å². The molecule has 0 radical (unpaired) electrons. The Hall–Kier alpha value is -1.65. The van der Waals surface area contributed by atoms with Crippen molar-refractivity contribution in [2.75, 3.05) is 18.5 Å². The van der Waals surface area contributed by atoms with Crippen LogP contribution in [-0.4, -0.2) is 29.4 Å². The molecule has 1 aliphatic carbocycles. The molecule has 1 aromatic rings. The second-order valence-electron chi connectivity index (χ2n) is 4.51. The molecular formula is C11H17N5. The lowest BCUT2D eigenvalue weighted by Crippen LogP contribution is -2.24. The lowest BCUT2D eigenvalue weighted by atomic mass is 10.3. The van der Waals surface area contributed by atoms with Crippen LogP contribution < -0.4 is 10.6 Å². The molecule has 1 heterocycles. The number of rotatable bonds is 4. The van der Waals surface area contributed by atoms with Gasteiger partial charge in [0.15, 0.2) is 0 Å². The van der Waals surface area contributed by atoms with Gasteiger partial charge in [0.05, 0.1) is 0 Å². The van der Waals surface area contributed by atoms with E-state index in [9.17, 15) is 0 Å². The number of nitrogens with two attached hydrogens (primary N) is 1. The molecule has 16 heavy (non-hydrogen) atoms. The highest BCUT2D eigenvalue weighted by Crippen LogP contribution is 2.38. The van der Waals surface area contributed by atoms with Crippen molar-refractivity contribution in [1.29, 1.82) is 5.41 Å². The first-order chi connectivity index (χ1) is 7.58. The number of hydrogen-bond acceptors (Lipinski definition) is 4. The topological polar surface area (TPSA) is 78.9 Å². The van der Waals surface area contributed by atoms with Crippen LogP contribution in [0.2, 0.25) is 0 Å². The van der Waals surface area contributed by atoms with Crippen molar-refractivity contribution in [2.45, 2.75) is 13.3 Å². The number of aromatic nitrogens is 2. The minimum atomic E-state index is -0.0168. The molecule has 0 spiro atoms. The molecule has 2 rings (SSSR count). The van der Waals surface area contributed by atoms with Gasteiger partial charge in [-0.15, -0.1) is 0 Å². The van der Waals surface area contributed by atoms with Gasteiger partial charge in [-0.1, -0.05) is 6.92 Å². The molecule has 5 heteroatoms. The number of nitrogens with one attached hydrogen (secondary N) is 1. The Kier molecular flexibility index (Phi) is 2.77. The van der Waals surface area contributed by atoms with Crippen molar-refractivity contribution in [3.8, 4) is 0 Å². The van der Waals surface area contributed by atoms with E-state index in [-0.39, 0.29) is 5.84 Å². The van der Waals surface area contributed by atoms with Crippen LogP contribution in [0.1, 0.15) is 19.0 Å². The molecule has 0 saturated heterocycles. The summed E-state index contributed by atoms with van der Waals surface area (Å²) in [7, 11) is 1.98. The minimum Gasteiger partial charge on any atom is -0.382 e. The fraction of sp³-hybridized carbons (Fsp3) is 0.545. The Morgan fingerprint density at radius 1 is 1.69 bits per heavy atom. The van der Waals surface area contributed by atoms with E-state index < -0.39 is 0 Å². The van der Waals surface area contributed by atoms with Crippen LogP contribution in [0.25, 0.3) is 0 Å². The first kappa shape index (κ1) is 10.9. The van der Waals surface area contributed by atoms with Crippen molar-refractivity contribution in [2.24, 2.45) is 17.6 Å². The predicted octanol–water partition coefficient (Wildman–Crippen LogP) is 0.853.